The van der Waals surface area contributed by atoms with E-state index in [0.29, 0.717) is 23.9 Å². The summed E-state index contributed by atoms with van der Waals surface area (Å²) in [4.78, 5) is 36.1. The van der Waals surface area contributed by atoms with Crippen molar-refractivity contribution in [2.24, 2.45) is 11.8 Å². The Labute approximate surface area is 182 Å². The molecule has 2 bridgehead atoms. The number of hydrogen-bond donors (Lipinski definition) is 1. The largest absolute Gasteiger partial charge is 0.497 e. The van der Waals surface area contributed by atoms with Crippen LogP contribution in [0.1, 0.15) is 41.7 Å². The molecule has 7 heteroatoms. The molecule has 0 aliphatic carbocycles. The van der Waals surface area contributed by atoms with Gasteiger partial charge in [-0.2, -0.15) is 0 Å². The van der Waals surface area contributed by atoms with Gasteiger partial charge in [0, 0.05) is 25.2 Å². The maximum atomic E-state index is 13.2. The van der Waals surface area contributed by atoms with Crippen molar-refractivity contribution >= 4 is 5.91 Å². The smallest absolute Gasteiger partial charge is 0.271 e. The number of nitrogens with one attached hydrogen (secondary N) is 1. The summed E-state index contributed by atoms with van der Waals surface area (Å²) in [5, 5.41) is 0. The van der Waals surface area contributed by atoms with Crippen LogP contribution in [0.5, 0.6) is 5.75 Å². The molecule has 31 heavy (non-hydrogen) atoms. The first-order valence-electron chi connectivity index (χ1n) is 11.3. The number of carbonyl (C=O) groups is 1. The fraction of sp³-hybridized carbons (Fsp3) is 0.542. The minimum Gasteiger partial charge on any atom is -0.497 e. The molecule has 2 aromatic rings. The number of aromatic amines is 1. The number of piperidine rings is 3. The molecule has 5 rings (SSSR count). The number of H-pyrrole nitrogens is 1. The van der Waals surface area contributed by atoms with Gasteiger partial charge in [-0.1, -0.05) is 18.6 Å². The molecule has 3 saturated heterocycles. The van der Waals surface area contributed by atoms with Crippen LogP contribution >= 0.6 is 0 Å². The summed E-state index contributed by atoms with van der Waals surface area (Å²) in [6.07, 6.45) is 8.53. The lowest BCUT2D eigenvalue weighted by Crippen LogP contribution is -2.64. The molecule has 4 atom stereocenters. The molecule has 7 nitrogen and oxygen atoms in total. The zero-order valence-electron chi connectivity index (χ0n) is 18.0. The number of benzene rings is 1. The van der Waals surface area contributed by atoms with Crippen molar-refractivity contribution in [1.82, 2.24) is 19.8 Å². The van der Waals surface area contributed by atoms with Gasteiger partial charge in [-0.25, -0.2) is 0 Å². The van der Waals surface area contributed by atoms with E-state index in [0.717, 1.165) is 31.8 Å². The highest BCUT2D eigenvalue weighted by molar-refractivity contribution is 5.92. The summed E-state index contributed by atoms with van der Waals surface area (Å²) in [5.74, 6) is 1.70. The van der Waals surface area contributed by atoms with Gasteiger partial charge in [0.15, 0.2) is 0 Å². The van der Waals surface area contributed by atoms with Crippen LogP contribution in [-0.4, -0.2) is 64.5 Å². The van der Waals surface area contributed by atoms with Crippen molar-refractivity contribution < 1.29 is 9.53 Å². The Morgan fingerprint density at radius 2 is 2.10 bits per heavy atom. The Kier molecular flexibility index (Phi) is 5.52. The molecule has 0 spiro atoms. The number of nitrogens with zero attached hydrogens (tertiary/aromatic N) is 3. The van der Waals surface area contributed by atoms with Gasteiger partial charge in [-0.15, -0.1) is 0 Å². The topological polar surface area (TPSA) is 78.5 Å². The van der Waals surface area contributed by atoms with E-state index in [9.17, 15) is 9.59 Å². The summed E-state index contributed by atoms with van der Waals surface area (Å²) >= 11 is 0. The molecule has 4 heterocycles. The molecule has 0 saturated carbocycles. The monoisotopic (exact) mass is 422 g/mol. The molecular formula is C24H30N4O3. The number of fused-ring (bicyclic) bond motifs is 4. The van der Waals surface area contributed by atoms with Crippen molar-refractivity contribution in [3.05, 3.63) is 58.3 Å². The average molecular weight is 423 g/mol. The van der Waals surface area contributed by atoms with Crippen LogP contribution in [0.25, 0.3) is 0 Å². The number of ether oxygens (including phenoxy) is 1. The second kappa shape index (κ2) is 8.46. The Balaban J connectivity index is 1.41. The van der Waals surface area contributed by atoms with Gasteiger partial charge in [0.1, 0.15) is 11.4 Å². The van der Waals surface area contributed by atoms with Crippen LogP contribution in [0.4, 0.5) is 0 Å². The fourth-order valence-electron chi connectivity index (χ4n) is 6.05. The molecule has 1 amide bonds. The predicted octanol–water partition coefficient (Wildman–Crippen LogP) is 2.34. The number of rotatable bonds is 4. The molecule has 3 aliphatic heterocycles. The lowest BCUT2D eigenvalue weighted by molar-refractivity contribution is -0.0643. The Morgan fingerprint density at radius 3 is 2.94 bits per heavy atom. The van der Waals surface area contributed by atoms with E-state index in [4.69, 9.17) is 4.74 Å². The van der Waals surface area contributed by atoms with Gasteiger partial charge in [0.05, 0.1) is 19.5 Å². The van der Waals surface area contributed by atoms with Crippen molar-refractivity contribution in [1.29, 1.82) is 0 Å². The molecule has 1 N–H and O–H groups in total. The van der Waals surface area contributed by atoms with Crippen LogP contribution in [0, 0.1) is 11.8 Å². The average Bonchev–Trinajstić information content (AvgIpc) is 2.81. The quantitative estimate of drug-likeness (QED) is 0.818. The lowest BCUT2D eigenvalue weighted by atomic mass is 9.71. The second-order valence-electron chi connectivity index (χ2n) is 9.20. The molecule has 3 fully saturated rings. The number of amides is 1. The van der Waals surface area contributed by atoms with Crippen molar-refractivity contribution in [3.8, 4) is 5.75 Å². The summed E-state index contributed by atoms with van der Waals surface area (Å²) in [6, 6.07) is 9.31. The molecule has 0 unspecified atom stereocenters. The zero-order chi connectivity index (χ0) is 21.4. The maximum Gasteiger partial charge on any atom is 0.271 e. The highest BCUT2D eigenvalue weighted by Crippen LogP contribution is 2.42. The van der Waals surface area contributed by atoms with E-state index in [2.05, 4.69) is 33.1 Å². The highest BCUT2D eigenvalue weighted by Gasteiger charge is 2.47. The first-order chi connectivity index (χ1) is 15.1. The van der Waals surface area contributed by atoms with Crippen LogP contribution in [0.3, 0.4) is 0 Å². The Morgan fingerprint density at radius 1 is 1.23 bits per heavy atom. The highest BCUT2D eigenvalue weighted by atomic mass is 16.5. The molecule has 1 aromatic heterocycles. The first kappa shape index (κ1) is 20.2. The van der Waals surface area contributed by atoms with E-state index in [1.807, 2.05) is 11.0 Å². The van der Waals surface area contributed by atoms with Crippen LogP contribution in [0.2, 0.25) is 0 Å². The Hall–Kier alpha value is -2.67. The summed E-state index contributed by atoms with van der Waals surface area (Å²) in [7, 11) is 1.71. The fourth-order valence-corrected chi connectivity index (χ4v) is 6.05. The maximum absolute atomic E-state index is 13.2. The van der Waals surface area contributed by atoms with E-state index in [1.165, 1.54) is 43.6 Å². The normalized spacial score (nSPS) is 28.1. The zero-order valence-corrected chi connectivity index (χ0v) is 18.0. The standard InChI is InChI=1S/C24H30N4O3/c1-31-19-6-4-5-16(9-19)10-22-18-11-17(21-7-2-3-8-28(21)22)14-27(15-18)24(30)20-12-25-13-23(29)26-20/h4-6,9,12-13,17-18,21-22H,2-3,7-8,10-11,14-15H2,1H3,(H,26,29)/t17-,18+,21+,22+/m1/s1. The summed E-state index contributed by atoms with van der Waals surface area (Å²) in [6.45, 7) is 2.64. The van der Waals surface area contributed by atoms with E-state index in [1.54, 1.807) is 7.11 Å². The van der Waals surface area contributed by atoms with E-state index < -0.39 is 0 Å². The molecule has 3 aliphatic rings. The second-order valence-corrected chi connectivity index (χ2v) is 9.20. The molecular weight excluding hydrogens is 392 g/mol. The third-order valence-electron chi connectivity index (χ3n) is 7.37. The number of aromatic nitrogens is 2. The van der Waals surface area contributed by atoms with Crippen molar-refractivity contribution in [2.45, 2.75) is 44.2 Å². The summed E-state index contributed by atoms with van der Waals surface area (Å²) < 4.78 is 5.44. The van der Waals surface area contributed by atoms with Gasteiger partial charge >= 0.3 is 0 Å². The van der Waals surface area contributed by atoms with Gasteiger partial charge in [0.2, 0.25) is 0 Å². The minimum absolute atomic E-state index is 0.107. The summed E-state index contributed by atoms with van der Waals surface area (Å²) in [5.41, 5.74) is 1.24. The SMILES string of the molecule is COc1cccc(C[C@H]2[C@H]3C[C@H](CN(C(=O)c4cncc(=O)[nH]4)C3)[C@@H]3CCCCN32)c1. The van der Waals surface area contributed by atoms with Gasteiger partial charge in [-0.3, -0.25) is 19.5 Å². The van der Waals surface area contributed by atoms with Crippen molar-refractivity contribution in [2.75, 3.05) is 26.7 Å². The molecule has 1 aromatic carbocycles. The molecule has 164 valence electrons. The predicted molar refractivity (Wildman–Crippen MR) is 117 cm³/mol. The molecule has 0 radical (unpaired) electrons. The van der Waals surface area contributed by atoms with Gasteiger partial charge in [-0.05, 0) is 61.8 Å². The van der Waals surface area contributed by atoms with Crippen molar-refractivity contribution in [3.63, 3.8) is 0 Å². The number of hydrogen-bond acceptors (Lipinski definition) is 5. The van der Waals surface area contributed by atoms with Crippen LogP contribution in [-0.2, 0) is 6.42 Å². The van der Waals surface area contributed by atoms with Gasteiger partial charge < -0.3 is 14.6 Å². The number of carbonyl (C=O) groups excluding carboxylic acids is 1. The van der Waals surface area contributed by atoms with Crippen LogP contribution < -0.4 is 10.3 Å². The third kappa shape index (κ3) is 3.99. The Bertz CT molecular complexity index is 1010. The lowest BCUT2D eigenvalue weighted by Gasteiger charge is -2.57. The number of methoxy groups -OCH3 is 1. The van der Waals surface area contributed by atoms with Crippen LogP contribution in [0.15, 0.2) is 41.5 Å². The van der Waals surface area contributed by atoms with E-state index >= 15 is 0 Å². The van der Waals surface area contributed by atoms with E-state index in [-0.39, 0.29) is 17.2 Å². The third-order valence-corrected chi connectivity index (χ3v) is 7.37. The first-order valence-corrected chi connectivity index (χ1v) is 11.3. The van der Waals surface area contributed by atoms with Gasteiger partial charge in [0.25, 0.3) is 11.5 Å². The minimum atomic E-state index is -0.336. The number of likely N-dealkylation sites (tertiary alicyclic amines) is 1.